The van der Waals surface area contributed by atoms with E-state index in [1.807, 2.05) is 0 Å². The van der Waals surface area contributed by atoms with Crippen LogP contribution in [0.15, 0.2) is 23.1 Å². The summed E-state index contributed by atoms with van der Waals surface area (Å²) in [6, 6.07) is 1.92. The van der Waals surface area contributed by atoms with Crippen molar-refractivity contribution in [2.24, 2.45) is 0 Å². The largest absolute Gasteiger partial charge is 0.446 e. The summed E-state index contributed by atoms with van der Waals surface area (Å²) in [5, 5.41) is 10.3. The first kappa shape index (κ1) is 11.8. The molecule has 0 radical (unpaired) electrons. The predicted molar refractivity (Wildman–Crippen MR) is 45.0 cm³/mol. The summed E-state index contributed by atoms with van der Waals surface area (Å²) in [4.78, 5) is 8.63. The Hall–Kier alpha value is -1.31. The second-order valence-corrected chi connectivity index (χ2v) is 3.52. The van der Waals surface area contributed by atoms with Crippen LogP contribution in [0.3, 0.4) is 0 Å². The summed E-state index contributed by atoms with van der Waals surface area (Å²) >= 11 is -0.644. The fourth-order valence-corrected chi connectivity index (χ4v) is 1.47. The predicted octanol–water partition coefficient (Wildman–Crippen LogP) is 3.35. The molecule has 15 heavy (non-hydrogen) atoms. The summed E-state index contributed by atoms with van der Waals surface area (Å²) in [7, 11) is 0. The summed E-state index contributed by atoms with van der Waals surface area (Å²) in [5.74, 6) is -0.951. The van der Waals surface area contributed by atoms with E-state index in [1.165, 1.54) is 0 Å². The summed E-state index contributed by atoms with van der Waals surface area (Å²) < 4.78 is 48.3. The third kappa shape index (κ3) is 3.39. The van der Waals surface area contributed by atoms with E-state index in [0.717, 1.165) is 12.1 Å². The fourth-order valence-electron chi connectivity index (χ4n) is 0.844. The van der Waals surface area contributed by atoms with E-state index in [1.54, 1.807) is 0 Å². The van der Waals surface area contributed by atoms with Gasteiger partial charge >= 0.3 is 5.51 Å². The maximum Gasteiger partial charge on any atom is 0.446 e. The van der Waals surface area contributed by atoms with E-state index in [0.29, 0.717) is 6.07 Å². The number of hydrogen-bond acceptors (Lipinski definition) is 3. The quantitative estimate of drug-likeness (QED) is 0.345. The van der Waals surface area contributed by atoms with Gasteiger partial charge in [-0.25, -0.2) is 4.39 Å². The third-order valence-electron chi connectivity index (χ3n) is 1.34. The van der Waals surface area contributed by atoms with Crippen LogP contribution in [0.25, 0.3) is 0 Å². The highest BCUT2D eigenvalue weighted by molar-refractivity contribution is 8.00. The average Bonchev–Trinajstić information content (AvgIpc) is 2.05. The van der Waals surface area contributed by atoms with Gasteiger partial charge in [0.25, 0.3) is 5.69 Å². The van der Waals surface area contributed by atoms with Crippen molar-refractivity contribution in [3.8, 4) is 0 Å². The number of nitrogens with zero attached hydrogens (tertiary/aromatic N) is 1. The Morgan fingerprint density at radius 2 is 1.93 bits per heavy atom. The number of nitro groups is 1. The van der Waals surface area contributed by atoms with Crippen LogP contribution >= 0.6 is 11.8 Å². The number of rotatable bonds is 2. The first-order valence-corrected chi connectivity index (χ1v) is 4.31. The molecule has 0 saturated heterocycles. The molecule has 0 heterocycles. The molecule has 0 aliphatic heterocycles. The van der Waals surface area contributed by atoms with Crippen LogP contribution in [-0.4, -0.2) is 10.4 Å². The van der Waals surface area contributed by atoms with Crippen molar-refractivity contribution >= 4 is 17.4 Å². The SMILES string of the molecule is O=[N+]([O-])c1cc(F)ccc1SC(F)(F)F. The van der Waals surface area contributed by atoms with Crippen LogP contribution in [0.1, 0.15) is 0 Å². The van der Waals surface area contributed by atoms with E-state index < -0.39 is 38.6 Å². The Kier molecular flexibility index (Phi) is 3.18. The lowest BCUT2D eigenvalue weighted by Crippen LogP contribution is -2.01. The molecule has 0 saturated carbocycles. The zero-order valence-corrected chi connectivity index (χ0v) is 7.73. The lowest BCUT2D eigenvalue weighted by molar-refractivity contribution is -0.388. The Bertz CT molecular complexity index is 393. The molecule has 0 aliphatic carbocycles. The highest BCUT2D eigenvalue weighted by atomic mass is 32.2. The monoisotopic (exact) mass is 241 g/mol. The number of thioether (sulfide) groups is 1. The van der Waals surface area contributed by atoms with E-state index in [-0.39, 0.29) is 0 Å². The minimum Gasteiger partial charge on any atom is -0.258 e. The standard InChI is InChI=1S/C7H3F4NO2S/c8-4-1-2-6(15-7(9,10)11)5(3-4)12(13)14/h1-3H. The van der Waals surface area contributed by atoms with Gasteiger partial charge in [-0.2, -0.15) is 13.2 Å². The average molecular weight is 241 g/mol. The van der Waals surface area contributed by atoms with Crippen molar-refractivity contribution in [3.05, 3.63) is 34.1 Å². The highest BCUT2D eigenvalue weighted by Crippen LogP contribution is 2.41. The molecule has 0 fully saturated rings. The van der Waals surface area contributed by atoms with Crippen LogP contribution < -0.4 is 0 Å². The van der Waals surface area contributed by atoms with Crippen molar-refractivity contribution in [1.82, 2.24) is 0 Å². The van der Waals surface area contributed by atoms with Gasteiger partial charge in [0.2, 0.25) is 0 Å². The molecule has 0 unspecified atom stereocenters. The van der Waals surface area contributed by atoms with E-state index in [9.17, 15) is 27.7 Å². The molecule has 0 spiro atoms. The van der Waals surface area contributed by atoms with Crippen LogP contribution in [0.2, 0.25) is 0 Å². The molecule has 1 aromatic rings. The minimum absolute atomic E-state index is 0.452. The zero-order chi connectivity index (χ0) is 11.6. The highest BCUT2D eigenvalue weighted by Gasteiger charge is 2.33. The van der Waals surface area contributed by atoms with Crippen LogP contribution in [-0.2, 0) is 0 Å². The lowest BCUT2D eigenvalue weighted by Gasteiger charge is -2.05. The van der Waals surface area contributed by atoms with Crippen molar-refractivity contribution in [3.63, 3.8) is 0 Å². The van der Waals surface area contributed by atoms with Crippen molar-refractivity contribution in [2.45, 2.75) is 10.4 Å². The molecule has 0 aliphatic rings. The second-order valence-electron chi connectivity index (χ2n) is 2.42. The maximum atomic E-state index is 12.5. The molecule has 8 heteroatoms. The Morgan fingerprint density at radius 3 is 2.40 bits per heavy atom. The van der Waals surface area contributed by atoms with Gasteiger partial charge in [-0.1, -0.05) is 0 Å². The van der Waals surface area contributed by atoms with Gasteiger partial charge in [0.1, 0.15) is 5.82 Å². The van der Waals surface area contributed by atoms with Crippen molar-refractivity contribution in [1.29, 1.82) is 0 Å². The molecule has 3 nitrogen and oxygen atoms in total. The van der Waals surface area contributed by atoms with Gasteiger partial charge in [-0.05, 0) is 23.9 Å². The van der Waals surface area contributed by atoms with E-state index in [4.69, 9.17) is 0 Å². The fraction of sp³-hybridized carbons (Fsp3) is 0.143. The zero-order valence-electron chi connectivity index (χ0n) is 6.92. The van der Waals surface area contributed by atoms with Gasteiger partial charge in [0.05, 0.1) is 15.9 Å². The molecule has 1 rings (SSSR count). The molecule has 0 bridgehead atoms. The first-order valence-electron chi connectivity index (χ1n) is 3.49. The van der Waals surface area contributed by atoms with Gasteiger partial charge in [0, 0.05) is 0 Å². The Balaban J connectivity index is 3.12. The number of benzene rings is 1. The molecule has 0 N–H and O–H groups in total. The number of halogens is 4. The van der Waals surface area contributed by atoms with Crippen molar-refractivity contribution in [2.75, 3.05) is 0 Å². The topological polar surface area (TPSA) is 43.1 Å². The molecular formula is C7H3F4NO2S. The smallest absolute Gasteiger partial charge is 0.258 e. The summed E-state index contributed by atoms with van der Waals surface area (Å²) in [6.07, 6.45) is 0. The Labute approximate surface area is 85.2 Å². The van der Waals surface area contributed by atoms with E-state index >= 15 is 0 Å². The van der Waals surface area contributed by atoms with Gasteiger partial charge in [-0.15, -0.1) is 0 Å². The lowest BCUT2D eigenvalue weighted by atomic mass is 10.3. The van der Waals surface area contributed by atoms with Crippen LogP contribution in [0.4, 0.5) is 23.2 Å². The molecular weight excluding hydrogens is 238 g/mol. The number of alkyl halides is 3. The number of hydrogen-bond donors (Lipinski definition) is 0. The Morgan fingerprint density at radius 1 is 1.33 bits per heavy atom. The molecule has 1 aromatic carbocycles. The molecule has 0 atom stereocenters. The van der Waals surface area contributed by atoms with Crippen LogP contribution in [0.5, 0.6) is 0 Å². The summed E-state index contributed by atoms with van der Waals surface area (Å²) in [5.41, 5.74) is -5.53. The van der Waals surface area contributed by atoms with Crippen LogP contribution in [0, 0.1) is 15.9 Å². The first-order chi connectivity index (χ1) is 6.79. The summed E-state index contributed by atoms with van der Waals surface area (Å²) in [6.45, 7) is 0. The minimum atomic E-state index is -4.64. The molecule has 82 valence electrons. The third-order valence-corrected chi connectivity index (χ3v) is 2.14. The normalized spacial score (nSPS) is 11.5. The van der Waals surface area contributed by atoms with Crippen molar-refractivity contribution < 1.29 is 22.5 Å². The molecule has 0 aromatic heterocycles. The maximum absolute atomic E-state index is 12.5. The second kappa shape index (κ2) is 4.05. The van der Waals surface area contributed by atoms with Gasteiger partial charge in [0.15, 0.2) is 0 Å². The molecule has 0 amide bonds. The number of nitro benzene ring substituents is 1. The van der Waals surface area contributed by atoms with Gasteiger partial charge < -0.3 is 0 Å². The van der Waals surface area contributed by atoms with E-state index in [2.05, 4.69) is 0 Å². The van der Waals surface area contributed by atoms with Gasteiger partial charge in [-0.3, -0.25) is 10.1 Å².